The number of hydrogen-bond donors (Lipinski definition) is 1. The fraction of sp³-hybridized carbons (Fsp3) is 0.263. The number of H-pyrrole nitrogens is 1. The van der Waals surface area contributed by atoms with E-state index in [4.69, 9.17) is 23.8 Å². The molecule has 0 saturated carbocycles. The molecule has 0 saturated heterocycles. The summed E-state index contributed by atoms with van der Waals surface area (Å²) in [7, 11) is 0. The maximum Gasteiger partial charge on any atom is 0.195 e. The van der Waals surface area contributed by atoms with Crippen LogP contribution in [-0.4, -0.2) is 27.9 Å². The molecule has 1 heterocycles. The molecule has 3 aromatic rings. The van der Waals surface area contributed by atoms with E-state index in [1.807, 2.05) is 28.8 Å². The zero-order chi connectivity index (χ0) is 17.8. The Kier molecular flexibility index (Phi) is 5.56. The summed E-state index contributed by atoms with van der Waals surface area (Å²) in [6.07, 6.45) is 0. The van der Waals surface area contributed by atoms with Crippen LogP contribution >= 0.6 is 23.8 Å². The predicted molar refractivity (Wildman–Crippen MR) is 107 cm³/mol. The molecular formula is C19H21ClN4S. The van der Waals surface area contributed by atoms with Gasteiger partial charge in [0, 0.05) is 29.4 Å². The van der Waals surface area contributed by atoms with Crippen LogP contribution in [0.4, 0.5) is 5.69 Å². The van der Waals surface area contributed by atoms with Gasteiger partial charge in [-0.3, -0.25) is 9.67 Å². The number of aromatic nitrogens is 3. The van der Waals surface area contributed by atoms with Crippen LogP contribution in [0.1, 0.15) is 19.4 Å². The molecule has 130 valence electrons. The van der Waals surface area contributed by atoms with Gasteiger partial charge < -0.3 is 4.90 Å². The Bertz CT molecular complexity index is 877. The molecular weight excluding hydrogens is 352 g/mol. The van der Waals surface area contributed by atoms with Crippen LogP contribution in [0.2, 0.25) is 5.02 Å². The van der Waals surface area contributed by atoms with Crippen molar-refractivity contribution >= 4 is 29.5 Å². The summed E-state index contributed by atoms with van der Waals surface area (Å²) < 4.78 is 2.61. The van der Waals surface area contributed by atoms with Gasteiger partial charge in [-0.2, -0.15) is 5.10 Å². The lowest BCUT2D eigenvalue weighted by Crippen LogP contribution is -2.21. The van der Waals surface area contributed by atoms with Crippen molar-refractivity contribution in [3.63, 3.8) is 0 Å². The Hall–Kier alpha value is -2.11. The van der Waals surface area contributed by atoms with Crippen molar-refractivity contribution in [2.24, 2.45) is 0 Å². The average Bonchev–Trinajstić information content (AvgIpc) is 2.99. The first kappa shape index (κ1) is 17.7. The normalized spacial score (nSPS) is 10.8. The monoisotopic (exact) mass is 372 g/mol. The number of benzene rings is 2. The second-order valence-electron chi connectivity index (χ2n) is 5.78. The summed E-state index contributed by atoms with van der Waals surface area (Å²) in [6, 6.07) is 16.2. The van der Waals surface area contributed by atoms with E-state index < -0.39 is 0 Å². The average molecular weight is 373 g/mol. The van der Waals surface area contributed by atoms with Gasteiger partial charge in [0.05, 0.1) is 6.54 Å². The molecule has 0 radical (unpaired) electrons. The first-order chi connectivity index (χ1) is 12.1. The number of anilines is 1. The van der Waals surface area contributed by atoms with Gasteiger partial charge in [0.25, 0.3) is 0 Å². The van der Waals surface area contributed by atoms with Crippen molar-refractivity contribution in [2.45, 2.75) is 20.4 Å². The van der Waals surface area contributed by atoms with E-state index >= 15 is 0 Å². The van der Waals surface area contributed by atoms with Crippen molar-refractivity contribution in [3.05, 3.63) is 63.9 Å². The second kappa shape index (κ2) is 7.85. The summed E-state index contributed by atoms with van der Waals surface area (Å²) in [4.78, 5) is 2.31. The van der Waals surface area contributed by atoms with Gasteiger partial charge in [0.2, 0.25) is 0 Å². The molecule has 0 unspecified atom stereocenters. The molecule has 6 heteroatoms. The van der Waals surface area contributed by atoms with Gasteiger partial charge >= 0.3 is 0 Å². The Labute approximate surface area is 158 Å². The first-order valence-corrected chi connectivity index (χ1v) is 9.16. The summed E-state index contributed by atoms with van der Waals surface area (Å²) >= 11 is 11.4. The SMILES string of the molecule is CCN(CC)c1ccc(-c2n[nH]c(=S)n2Cc2ccc(Cl)cc2)cc1. The fourth-order valence-corrected chi connectivity index (χ4v) is 3.19. The third kappa shape index (κ3) is 3.94. The van der Waals surface area contributed by atoms with Gasteiger partial charge in [-0.05, 0) is 68.0 Å². The lowest BCUT2D eigenvalue weighted by molar-refractivity contribution is 0.790. The number of nitrogens with zero attached hydrogens (tertiary/aromatic N) is 3. The van der Waals surface area contributed by atoms with E-state index in [2.05, 4.69) is 53.2 Å². The molecule has 3 rings (SSSR count). The van der Waals surface area contributed by atoms with Gasteiger partial charge in [-0.25, -0.2) is 0 Å². The van der Waals surface area contributed by atoms with E-state index in [-0.39, 0.29) is 0 Å². The molecule has 1 N–H and O–H groups in total. The molecule has 0 aliphatic rings. The Morgan fingerprint density at radius 2 is 1.68 bits per heavy atom. The quantitative estimate of drug-likeness (QED) is 0.607. The van der Waals surface area contributed by atoms with Crippen molar-refractivity contribution in [3.8, 4) is 11.4 Å². The minimum Gasteiger partial charge on any atom is -0.372 e. The van der Waals surface area contributed by atoms with Crippen LogP contribution in [0, 0.1) is 4.77 Å². The molecule has 0 aliphatic carbocycles. The van der Waals surface area contributed by atoms with E-state index in [0.717, 1.165) is 35.1 Å². The van der Waals surface area contributed by atoms with Crippen molar-refractivity contribution in [1.82, 2.24) is 14.8 Å². The van der Waals surface area contributed by atoms with Crippen LogP contribution < -0.4 is 4.90 Å². The van der Waals surface area contributed by atoms with Crippen molar-refractivity contribution < 1.29 is 0 Å². The molecule has 0 bridgehead atoms. The first-order valence-electron chi connectivity index (χ1n) is 8.37. The third-order valence-corrected chi connectivity index (χ3v) is 4.83. The molecule has 25 heavy (non-hydrogen) atoms. The van der Waals surface area contributed by atoms with Crippen LogP contribution in [-0.2, 0) is 6.54 Å². The van der Waals surface area contributed by atoms with Crippen molar-refractivity contribution in [1.29, 1.82) is 0 Å². The van der Waals surface area contributed by atoms with Crippen LogP contribution in [0.5, 0.6) is 0 Å². The minimum absolute atomic E-state index is 0.609. The lowest BCUT2D eigenvalue weighted by Gasteiger charge is -2.21. The Morgan fingerprint density at radius 1 is 1.04 bits per heavy atom. The topological polar surface area (TPSA) is 36.9 Å². The Balaban J connectivity index is 1.90. The summed E-state index contributed by atoms with van der Waals surface area (Å²) in [5, 5.41) is 8.06. The predicted octanol–water partition coefficient (Wildman–Crippen LogP) is 5.16. The molecule has 2 aromatic carbocycles. The van der Waals surface area contributed by atoms with Gasteiger partial charge in [0.15, 0.2) is 10.6 Å². The van der Waals surface area contributed by atoms with E-state index in [1.165, 1.54) is 5.69 Å². The second-order valence-corrected chi connectivity index (χ2v) is 6.61. The smallest absolute Gasteiger partial charge is 0.195 e. The highest BCUT2D eigenvalue weighted by atomic mass is 35.5. The lowest BCUT2D eigenvalue weighted by atomic mass is 10.1. The summed E-state index contributed by atoms with van der Waals surface area (Å²) in [5.41, 5.74) is 3.38. The minimum atomic E-state index is 0.609. The standard InChI is InChI=1S/C19H21ClN4S/c1-3-23(4-2)17-11-7-15(8-12-17)18-21-22-19(25)24(18)13-14-5-9-16(20)10-6-14/h5-12H,3-4,13H2,1-2H3,(H,22,25). The molecule has 0 amide bonds. The highest BCUT2D eigenvalue weighted by molar-refractivity contribution is 7.71. The zero-order valence-electron chi connectivity index (χ0n) is 14.4. The highest BCUT2D eigenvalue weighted by Gasteiger charge is 2.10. The van der Waals surface area contributed by atoms with Crippen molar-refractivity contribution in [2.75, 3.05) is 18.0 Å². The molecule has 4 nitrogen and oxygen atoms in total. The maximum atomic E-state index is 5.97. The van der Waals surface area contributed by atoms with Gasteiger partial charge in [-0.15, -0.1) is 0 Å². The van der Waals surface area contributed by atoms with Crippen LogP contribution in [0.15, 0.2) is 48.5 Å². The fourth-order valence-electron chi connectivity index (χ4n) is 2.87. The largest absolute Gasteiger partial charge is 0.372 e. The van der Waals surface area contributed by atoms with Crippen LogP contribution in [0.3, 0.4) is 0 Å². The number of halogens is 1. The van der Waals surface area contributed by atoms with E-state index in [1.54, 1.807) is 0 Å². The molecule has 0 fully saturated rings. The summed E-state index contributed by atoms with van der Waals surface area (Å²) in [5.74, 6) is 0.839. The molecule has 0 spiro atoms. The Morgan fingerprint density at radius 3 is 2.28 bits per heavy atom. The summed E-state index contributed by atoms with van der Waals surface area (Å²) in [6.45, 7) is 6.96. The molecule has 0 aliphatic heterocycles. The van der Waals surface area contributed by atoms with E-state index in [0.29, 0.717) is 11.3 Å². The van der Waals surface area contributed by atoms with Gasteiger partial charge in [-0.1, -0.05) is 23.7 Å². The van der Waals surface area contributed by atoms with E-state index in [9.17, 15) is 0 Å². The number of nitrogens with one attached hydrogen (secondary N) is 1. The number of hydrogen-bond acceptors (Lipinski definition) is 3. The molecule has 1 aromatic heterocycles. The number of rotatable bonds is 6. The zero-order valence-corrected chi connectivity index (χ0v) is 15.9. The van der Waals surface area contributed by atoms with Crippen LogP contribution in [0.25, 0.3) is 11.4 Å². The maximum absolute atomic E-state index is 5.97. The third-order valence-electron chi connectivity index (χ3n) is 4.27. The molecule has 0 atom stereocenters. The number of aromatic amines is 1. The van der Waals surface area contributed by atoms with Gasteiger partial charge in [0.1, 0.15) is 0 Å². The highest BCUT2D eigenvalue weighted by Crippen LogP contribution is 2.23.